The van der Waals surface area contributed by atoms with Gasteiger partial charge in [-0.3, -0.25) is 11.3 Å². The van der Waals surface area contributed by atoms with Crippen molar-refractivity contribution in [2.45, 2.75) is 26.3 Å². The van der Waals surface area contributed by atoms with Gasteiger partial charge in [0.25, 0.3) is 0 Å². The fourth-order valence-corrected chi connectivity index (χ4v) is 3.21. The molecule has 1 atom stereocenters. The lowest BCUT2D eigenvalue weighted by molar-refractivity contribution is 0.507. The molecule has 0 aliphatic carbocycles. The Morgan fingerprint density at radius 2 is 2.21 bits per heavy atom. The maximum atomic E-state index is 14.1. The zero-order valence-electron chi connectivity index (χ0n) is 10.7. The highest BCUT2D eigenvalue weighted by Gasteiger charge is 2.18. The highest BCUT2D eigenvalue weighted by atomic mass is 79.9. The van der Waals surface area contributed by atoms with Crippen molar-refractivity contribution >= 4 is 27.3 Å². The number of nitrogens with two attached hydrogens (primary N) is 1. The van der Waals surface area contributed by atoms with Crippen LogP contribution < -0.4 is 11.3 Å². The van der Waals surface area contributed by atoms with Crippen molar-refractivity contribution < 1.29 is 4.39 Å². The SMILES string of the molecule is Cc1nc(CC(NN)c2cccc(Br)c2F)sc1C. The number of nitrogens with one attached hydrogen (secondary N) is 1. The molecule has 1 unspecified atom stereocenters. The summed E-state index contributed by atoms with van der Waals surface area (Å²) in [6.45, 7) is 4.00. The van der Waals surface area contributed by atoms with Crippen molar-refractivity contribution in [3.63, 3.8) is 0 Å². The van der Waals surface area contributed by atoms with Crippen LogP contribution in [0.5, 0.6) is 0 Å². The summed E-state index contributed by atoms with van der Waals surface area (Å²) in [6.07, 6.45) is 0.573. The van der Waals surface area contributed by atoms with E-state index in [0.717, 1.165) is 10.7 Å². The summed E-state index contributed by atoms with van der Waals surface area (Å²) in [6, 6.07) is 4.91. The fraction of sp³-hybridized carbons (Fsp3) is 0.308. The van der Waals surface area contributed by atoms with Crippen molar-refractivity contribution in [2.75, 3.05) is 0 Å². The standard InChI is InChI=1S/C13H15BrFN3S/c1-7-8(2)19-12(17-7)6-11(18-16)9-4-3-5-10(14)13(9)15/h3-5,11,18H,6,16H2,1-2H3. The number of hydrazine groups is 1. The van der Waals surface area contributed by atoms with Gasteiger partial charge in [0.05, 0.1) is 21.2 Å². The van der Waals surface area contributed by atoms with Crippen LogP contribution in [0.15, 0.2) is 22.7 Å². The molecule has 0 saturated heterocycles. The largest absolute Gasteiger partial charge is 0.271 e. The van der Waals surface area contributed by atoms with Gasteiger partial charge in [0.15, 0.2) is 0 Å². The van der Waals surface area contributed by atoms with Crippen LogP contribution in [0.2, 0.25) is 0 Å². The number of aromatic nitrogens is 1. The molecule has 0 spiro atoms. The number of aryl methyl sites for hydroxylation is 2. The van der Waals surface area contributed by atoms with Crippen LogP contribution in [-0.4, -0.2) is 4.98 Å². The zero-order valence-corrected chi connectivity index (χ0v) is 13.1. The minimum absolute atomic E-state index is 0.282. The molecule has 1 aromatic heterocycles. The average Bonchev–Trinajstić information content (AvgIpc) is 2.69. The summed E-state index contributed by atoms with van der Waals surface area (Å²) in [4.78, 5) is 5.65. The number of halogens is 2. The van der Waals surface area contributed by atoms with Crippen molar-refractivity contribution in [1.29, 1.82) is 0 Å². The summed E-state index contributed by atoms with van der Waals surface area (Å²) < 4.78 is 14.5. The van der Waals surface area contributed by atoms with Gasteiger partial charge in [-0.05, 0) is 35.8 Å². The highest BCUT2D eigenvalue weighted by Crippen LogP contribution is 2.27. The van der Waals surface area contributed by atoms with Crippen molar-refractivity contribution in [1.82, 2.24) is 10.4 Å². The second kappa shape index (κ2) is 6.09. The molecule has 3 N–H and O–H groups in total. The summed E-state index contributed by atoms with van der Waals surface area (Å²) in [5.41, 5.74) is 4.23. The van der Waals surface area contributed by atoms with E-state index in [1.807, 2.05) is 13.8 Å². The molecule has 0 amide bonds. The van der Waals surface area contributed by atoms with E-state index in [0.29, 0.717) is 16.5 Å². The molecule has 0 aliphatic rings. The molecule has 102 valence electrons. The molecule has 1 aromatic carbocycles. The van der Waals surface area contributed by atoms with E-state index in [4.69, 9.17) is 5.84 Å². The predicted molar refractivity (Wildman–Crippen MR) is 79.5 cm³/mol. The molecule has 0 aliphatic heterocycles. The predicted octanol–water partition coefficient (Wildman–Crippen LogP) is 3.41. The Bertz CT molecular complexity index is 566. The van der Waals surface area contributed by atoms with Crippen LogP contribution in [0.25, 0.3) is 0 Å². The molecule has 0 saturated carbocycles. The number of hydrogen-bond acceptors (Lipinski definition) is 4. The Balaban J connectivity index is 2.27. The lowest BCUT2D eigenvalue weighted by atomic mass is 10.0. The zero-order chi connectivity index (χ0) is 14.0. The lowest BCUT2D eigenvalue weighted by Crippen LogP contribution is -2.30. The minimum Gasteiger partial charge on any atom is -0.271 e. The van der Waals surface area contributed by atoms with Crippen LogP contribution in [-0.2, 0) is 6.42 Å². The Labute approximate surface area is 124 Å². The van der Waals surface area contributed by atoms with Crippen LogP contribution in [0.3, 0.4) is 0 Å². The van der Waals surface area contributed by atoms with Gasteiger partial charge in [-0.25, -0.2) is 9.37 Å². The topological polar surface area (TPSA) is 50.9 Å². The fourth-order valence-electron chi connectivity index (χ4n) is 1.85. The van der Waals surface area contributed by atoms with Gasteiger partial charge < -0.3 is 0 Å². The van der Waals surface area contributed by atoms with Crippen molar-refractivity contribution in [3.8, 4) is 0 Å². The van der Waals surface area contributed by atoms with Gasteiger partial charge in [0.1, 0.15) is 5.82 Å². The van der Waals surface area contributed by atoms with E-state index in [2.05, 4.69) is 26.3 Å². The Hall–Kier alpha value is -0.820. The maximum Gasteiger partial charge on any atom is 0.142 e. The van der Waals surface area contributed by atoms with Gasteiger partial charge >= 0.3 is 0 Å². The molecule has 0 bridgehead atoms. The summed E-state index contributed by atoms with van der Waals surface area (Å²) in [7, 11) is 0. The van der Waals surface area contributed by atoms with Crippen LogP contribution in [0.4, 0.5) is 4.39 Å². The number of nitrogens with zero attached hydrogens (tertiary/aromatic N) is 1. The van der Waals surface area contributed by atoms with Gasteiger partial charge in [0.2, 0.25) is 0 Å². The third-order valence-electron chi connectivity index (χ3n) is 3.01. The smallest absolute Gasteiger partial charge is 0.142 e. The molecule has 2 aromatic rings. The first-order valence-electron chi connectivity index (χ1n) is 5.86. The number of rotatable bonds is 4. The third kappa shape index (κ3) is 3.20. The molecule has 1 heterocycles. The second-order valence-electron chi connectivity index (χ2n) is 4.32. The number of thiazole rings is 1. The summed E-state index contributed by atoms with van der Waals surface area (Å²) in [5.74, 6) is 5.28. The van der Waals surface area contributed by atoms with Gasteiger partial charge in [-0.1, -0.05) is 12.1 Å². The molecule has 2 rings (SSSR count). The first-order valence-corrected chi connectivity index (χ1v) is 7.46. The minimum atomic E-state index is -0.289. The molecule has 19 heavy (non-hydrogen) atoms. The molecule has 0 fully saturated rings. The van der Waals surface area contributed by atoms with Crippen molar-refractivity contribution in [3.05, 3.63) is 49.6 Å². The summed E-state index contributed by atoms with van der Waals surface area (Å²) in [5, 5.41) is 0.956. The highest BCUT2D eigenvalue weighted by molar-refractivity contribution is 9.10. The van der Waals surface area contributed by atoms with Crippen LogP contribution in [0, 0.1) is 19.7 Å². The second-order valence-corrected chi connectivity index (χ2v) is 6.46. The van der Waals surface area contributed by atoms with Crippen LogP contribution >= 0.6 is 27.3 Å². The Morgan fingerprint density at radius 1 is 1.47 bits per heavy atom. The Morgan fingerprint density at radius 3 is 2.79 bits per heavy atom. The van der Waals surface area contributed by atoms with E-state index in [1.54, 1.807) is 29.5 Å². The van der Waals surface area contributed by atoms with E-state index in [9.17, 15) is 4.39 Å². The number of hydrogen-bond donors (Lipinski definition) is 2. The monoisotopic (exact) mass is 343 g/mol. The first-order chi connectivity index (χ1) is 9.02. The molecular weight excluding hydrogens is 329 g/mol. The average molecular weight is 344 g/mol. The van der Waals surface area contributed by atoms with Gasteiger partial charge in [-0.2, -0.15) is 0 Å². The molecule has 6 heteroatoms. The Kier molecular flexibility index (Phi) is 4.67. The number of benzene rings is 1. The molecule has 3 nitrogen and oxygen atoms in total. The maximum absolute atomic E-state index is 14.1. The quantitative estimate of drug-likeness (QED) is 0.660. The van der Waals surface area contributed by atoms with Gasteiger partial charge in [-0.15, -0.1) is 11.3 Å². The van der Waals surface area contributed by atoms with E-state index >= 15 is 0 Å². The van der Waals surface area contributed by atoms with Crippen LogP contribution in [0.1, 0.15) is 27.2 Å². The summed E-state index contributed by atoms with van der Waals surface area (Å²) >= 11 is 4.81. The van der Waals surface area contributed by atoms with E-state index in [-0.39, 0.29) is 11.9 Å². The third-order valence-corrected chi connectivity index (χ3v) is 4.72. The first kappa shape index (κ1) is 14.6. The van der Waals surface area contributed by atoms with E-state index in [1.165, 1.54) is 4.88 Å². The van der Waals surface area contributed by atoms with E-state index < -0.39 is 0 Å². The normalized spacial score (nSPS) is 12.7. The molecule has 0 radical (unpaired) electrons. The molecular formula is C13H15BrFN3S. The lowest BCUT2D eigenvalue weighted by Gasteiger charge is -2.16. The van der Waals surface area contributed by atoms with Gasteiger partial charge in [0, 0.05) is 16.9 Å². The van der Waals surface area contributed by atoms with Crippen molar-refractivity contribution in [2.24, 2.45) is 5.84 Å².